The van der Waals surface area contributed by atoms with E-state index in [9.17, 15) is 10.0 Å². The van der Waals surface area contributed by atoms with E-state index in [4.69, 9.17) is 0 Å². The number of Topliss-reactive ketones (excluding diaryl/α,β-unsaturated/α-hetero) is 1. The fourth-order valence-electron chi connectivity index (χ4n) is 1.06. The van der Waals surface area contributed by atoms with Gasteiger partial charge in [0.2, 0.25) is 5.69 Å². The van der Waals surface area contributed by atoms with Crippen molar-refractivity contribution in [3.63, 3.8) is 0 Å². The molecule has 0 bridgehead atoms. The second kappa shape index (κ2) is 1.92. The zero-order chi connectivity index (χ0) is 7.84. The van der Waals surface area contributed by atoms with Crippen molar-refractivity contribution in [2.75, 3.05) is 0 Å². The number of rotatable bonds is 0. The molecule has 0 amide bonds. The van der Waals surface area contributed by atoms with Gasteiger partial charge in [-0.2, -0.15) is 4.74 Å². The molecule has 1 aliphatic heterocycles. The van der Waals surface area contributed by atoms with E-state index in [0.29, 0.717) is 16.0 Å². The highest BCUT2D eigenvalue weighted by molar-refractivity contribution is 6.37. The van der Waals surface area contributed by atoms with Crippen molar-refractivity contribution in [2.24, 2.45) is 0 Å². The summed E-state index contributed by atoms with van der Waals surface area (Å²) >= 11 is 0. The van der Waals surface area contributed by atoms with Crippen LogP contribution in [-0.2, 0) is 0 Å². The Morgan fingerprint density at radius 2 is 2.09 bits per heavy atom. The van der Waals surface area contributed by atoms with Crippen molar-refractivity contribution in [3.05, 3.63) is 35.0 Å². The third-order valence-electron chi connectivity index (χ3n) is 1.57. The maximum Gasteiger partial charge on any atom is 0.343 e. The van der Waals surface area contributed by atoms with Gasteiger partial charge in [0.05, 0.1) is 0 Å². The van der Waals surface area contributed by atoms with E-state index in [1.54, 1.807) is 24.3 Å². The Morgan fingerprint density at radius 1 is 1.36 bits per heavy atom. The van der Waals surface area contributed by atoms with E-state index >= 15 is 0 Å². The molecule has 0 saturated heterocycles. The molecule has 2 rings (SSSR count). The molecule has 0 fully saturated rings. The fraction of sp³-hybridized carbons (Fsp3) is 0. The molecule has 3 heteroatoms. The van der Waals surface area contributed by atoms with Gasteiger partial charge in [0.15, 0.2) is 0 Å². The molecular formula is C8H4NO2. The first-order valence-corrected chi connectivity index (χ1v) is 3.16. The number of hydrogen-bond acceptors (Lipinski definition) is 2. The monoisotopic (exact) mass is 146 g/mol. The summed E-state index contributed by atoms with van der Waals surface area (Å²) in [4.78, 5) is 10.9. The van der Waals surface area contributed by atoms with Crippen LogP contribution >= 0.6 is 0 Å². The van der Waals surface area contributed by atoms with Crippen LogP contribution in [0.3, 0.4) is 0 Å². The maximum atomic E-state index is 10.9. The number of ketones is 1. The van der Waals surface area contributed by atoms with Gasteiger partial charge in [-0.15, -0.1) is 0 Å². The summed E-state index contributed by atoms with van der Waals surface area (Å²) in [5.41, 5.74) is 0.819. The smallest absolute Gasteiger partial charge is 0.343 e. The summed E-state index contributed by atoms with van der Waals surface area (Å²) < 4.78 is 0.470. The van der Waals surface area contributed by atoms with Gasteiger partial charge in [0, 0.05) is 6.07 Å². The molecule has 0 aromatic heterocycles. The number of benzene rings is 1. The molecule has 1 aromatic carbocycles. The Hall–Kier alpha value is -1.64. The lowest BCUT2D eigenvalue weighted by molar-refractivity contribution is -0.350. The highest BCUT2D eigenvalue weighted by Crippen LogP contribution is 2.21. The summed E-state index contributed by atoms with van der Waals surface area (Å²) in [6.07, 6.45) is 2.12. The van der Waals surface area contributed by atoms with E-state index in [1.807, 2.05) is 0 Å². The lowest BCUT2D eigenvalue weighted by Crippen LogP contribution is -1.94. The third kappa shape index (κ3) is 0.741. The van der Waals surface area contributed by atoms with E-state index in [2.05, 4.69) is 6.21 Å². The molecule has 11 heavy (non-hydrogen) atoms. The number of carbonyl (C=O) groups is 1. The number of nitrogens with zero attached hydrogens (tertiary/aromatic N) is 1. The molecule has 1 heterocycles. The Bertz CT molecular complexity index is 355. The summed E-state index contributed by atoms with van der Waals surface area (Å²) in [6.45, 7) is 0. The first-order valence-electron chi connectivity index (χ1n) is 3.16. The number of carbonyl (C=O) groups excluding carboxylic acids is 1. The second-order valence-corrected chi connectivity index (χ2v) is 2.25. The molecule has 1 aliphatic rings. The van der Waals surface area contributed by atoms with Crippen LogP contribution in [0.1, 0.15) is 10.4 Å². The largest absolute Gasteiger partial charge is 0.618 e. The van der Waals surface area contributed by atoms with Crippen molar-refractivity contribution >= 4 is 17.7 Å². The first kappa shape index (κ1) is 6.09. The Morgan fingerprint density at radius 3 is 2.82 bits per heavy atom. The van der Waals surface area contributed by atoms with Gasteiger partial charge >= 0.3 is 6.21 Å². The lowest BCUT2D eigenvalue weighted by Gasteiger charge is -1.95. The average Bonchev–Trinajstić information content (AvgIpc) is 2.30. The van der Waals surface area contributed by atoms with Gasteiger partial charge in [-0.05, 0) is 6.07 Å². The summed E-state index contributed by atoms with van der Waals surface area (Å²) in [7, 11) is 0. The van der Waals surface area contributed by atoms with Crippen LogP contribution < -0.4 is 0 Å². The number of para-hydroxylation sites is 1. The van der Waals surface area contributed by atoms with Crippen LogP contribution in [0.25, 0.3) is 0 Å². The number of fused-ring (bicyclic) bond motifs is 1. The summed E-state index contributed by atoms with van der Waals surface area (Å²) in [5, 5.41) is 10.9. The predicted octanol–water partition coefficient (Wildman–Crippen LogP) is 0.972. The van der Waals surface area contributed by atoms with Gasteiger partial charge in [0.25, 0.3) is 5.78 Å². The molecule has 0 unspecified atom stereocenters. The van der Waals surface area contributed by atoms with E-state index in [1.165, 1.54) is 0 Å². The van der Waals surface area contributed by atoms with Crippen LogP contribution in [0.2, 0.25) is 0 Å². The van der Waals surface area contributed by atoms with E-state index < -0.39 is 0 Å². The molecule has 1 radical (unpaired) electrons. The van der Waals surface area contributed by atoms with Gasteiger partial charge in [0.1, 0.15) is 5.56 Å². The minimum absolute atomic E-state index is 0.337. The highest BCUT2D eigenvalue weighted by atomic mass is 16.5. The zero-order valence-corrected chi connectivity index (χ0v) is 5.57. The predicted molar refractivity (Wildman–Crippen MR) is 39.1 cm³/mol. The molecule has 0 N–H and O–H groups in total. The van der Waals surface area contributed by atoms with Crippen LogP contribution in [0.15, 0.2) is 24.3 Å². The minimum Gasteiger partial charge on any atom is -0.618 e. The second-order valence-electron chi connectivity index (χ2n) is 2.25. The van der Waals surface area contributed by atoms with E-state index in [0.717, 1.165) is 0 Å². The zero-order valence-electron chi connectivity index (χ0n) is 5.57. The van der Waals surface area contributed by atoms with Crippen molar-refractivity contribution in [2.45, 2.75) is 0 Å². The van der Waals surface area contributed by atoms with E-state index in [-0.39, 0.29) is 5.78 Å². The Labute approximate surface area is 63.2 Å². The Balaban J connectivity index is 2.71. The maximum absolute atomic E-state index is 10.9. The molecule has 53 valence electrons. The molecular weight excluding hydrogens is 142 g/mol. The number of hydrogen-bond donors (Lipinski definition) is 0. The summed E-state index contributed by atoms with van der Waals surface area (Å²) in [6, 6.07) is 6.64. The van der Waals surface area contributed by atoms with Crippen molar-refractivity contribution < 1.29 is 9.53 Å². The van der Waals surface area contributed by atoms with Gasteiger partial charge in [-0.3, -0.25) is 4.79 Å². The Kier molecular flexibility index (Phi) is 1.06. The van der Waals surface area contributed by atoms with Gasteiger partial charge in [-0.1, -0.05) is 12.1 Å². The molecule has 0 spiro atoms. The normalized spacial score (nSPS) is 14.5. The van der Waals surface area contributed by atoms with Crippen molar-refractivity contribution in [1.29, 1.82) is 0 Å². The van der Waals surface area contributed by atoms with Crippen LogP contribution in [0.4, 0.5) is 5.69 Å². The lowest BCUT2D eigenvalue weighted by atomic mass is 10.1. The minimum atomic E-state index is -0.337. The fourth-order valence-corrected chi connectivity index (χ4v) is 1.06. The standard InChI is InChI=1S/C8H4NO2/c10-8-5-9(11)7-4-2-1-3-6(7)8/h1-4H. The first-order chi connectivity index (χ1) is 5.29. The molecule has 0 saturated carbocycles. The van der Waals surface area contributed by atoms with Crippen LogP contribution in [0.5, 0.6) is 0 Å². The van der Waals surface area contributed by atoms with Gasteiger partial charge < -0.3 is 5.21 Å². The highest BCUT2D eigenvalue weighted by Gasteiger charge is 2.25. The third-order valence-corrected chi connectivity index (χ3v) is 1.57. The average molecular weight is 146 g/mol. The topological polar surface area (TPSA) is 43.1 Å². The van der Waals surface area contributed by atoms with Crippen molar-refractivity contribution in [1.82, 2.24) is 0 Å². The summed E-state index contributed by atoms with van der Waals surface area (Å²) in [5.74, 6) is -0.337. The van der Waals surface area contributed by atoms with Crippen LogP contribution in [-0.4, -0.2) is 16.7 Å². The van der Waals surface area contributed by atoms with Crippen molar-refractivity contribution in [3.8, 4) is 0 Å². The SMILES string of the molecule is O=C1[C]=[N+]([O-])c2ccccc21. The molecule has 0 atom stereocenters. The molecule has 3 nitrogen and oxygen atoms in total. The molecule has 0 aliphatic carbocycles. The quantitative estimate of drug-likeness (QED) is 0.404. The molecule has 1 aromatic rings. The van der Waals surface area contributed by atoms with Gasteiger partial charge in [-0.25, -0.2) is 0 Å². The van der Waals surface area contributed by atoms with Crippen LogP contribution in [0, 0.1) is 5.21 Å².